The summed E-state index contributed by atoms with van der Waals surface area (Å²) in [6, 6.07) is 0. The molecular formula is C15H27N3OS. The Morgan fingerprint density at radius 3 is 2.65 bits per heavy atom. The third kappa shape index (κ3) is 3.50. The van der Waals surface area contributed by atoms with Crippen molar-refractivity contribution in [2.45, 2.75) is 44.9 Å². The third-order valence-electron chi connectivity index (χ3n) is 4.89. The highest BCUT2D eigenvalue weighted by atomic mass is 32.1. The van der Waals surface area contributed by atoms with Gasteiger partial charge < -0.3 is 16.0 Å². The monoisotopic (exact) mass is 297 g/mol. The van der Waals surface area contributed by atoms with Gasteiger partial charge in [0.25, 0.3) is 0 Å². The highest BCUT2D eigenvalue weighted by Gasteiger charge is 2.42. The molecule has 5 heteroatoms. The van der Waals surface area contributed by atoms with Gasteiger partial charge in [-0.25, -0.2) is 0 Å². The lowest BCUT2D eigenvalue weighted by molar-refractivity contribution is -0.129. The van der Waals surface area contributed by atoms with E-state index >= 15 is 0 Å². The fourth-order valence-corrected chi connectivity index (χ4v) is 3.88. The number of hydrogen-bond acceptors (Lipinski definition) is 3. The highest BCUT2D eigenvalue weighted by molar-refractivity contribution is 7.80. The summed E-state index contributed by atoms with van der Waals surface area (Å²) in [7, 11) is 2.14. The van der Waals surface area contributed by atoms with Crippen LogP contribution in [0.25, 0.3) is 0 Å². The predicted molar refractivity (Wildman–Crippen MR) is 85.5 cm³/mol. The molecule has 0 bridgehead atoms. The molecule has 4 nitrogen and oxygen atoms in total. The molecule has 0 radical (unpaired) electrons. The number of piperidine rings is 1. The van der Waals surface area contributed by atoms with Crippen molar-refractivity contribution in [1.82, 2.24) is 10.2 Å². The molecule has 0 aromatic carbocycles. The van der Waals surface area contributed by atoms with Gasteiger partial charge in [-0.3, -0.25) is 4.79 Å². The third-order valence-corrected chi connectivity index (χ3v) is 5.28. The van der Waals surface area contributed by atoms with E-state index in [1.165, 1.54) is 25.8 Å². The Kier molecular flexibility index (Phi) is 5.38. The van der Waals surface area contributed by atoms with Crippen LogP contribution in [0.1, 0.15) is 44.9 Å². The van der Waals surface area contributed by atoms with Gasteiger partial charge in [-0.05, 0) is 45.2 Å². The zero-order chi connectivity index (χ0) is 14.6. The lowest BCUT2D eigenvalue weighted by atomic mass is 9.73. The number of nitrogens with zero attached hydrogens (tertiary/aromatic N) is 1. The quantitative estimate of drug-likeness (QED) is 0.775. The Morgan fingerprint density at radius 1 is 1.35 bits per heavy atom. The second-order valence-corrected chi connectivity index (χ2v) is 6.93. The second kappa shape index (κ2) is 6.85. The zero-order valence-electron chi connectivity index (χ0n) is 12.5. The molecule has 2 fully saturated rings. The summed E-state index contributed by atoms with van der Waals surface area (Å²) >= 11 is 5.20. The van der Waals surface area contributed by atoms with Gasteiger partial charge >= 0.3 is 0 Å². The van der Waals surface area contributed by atoms with Crippen LogP contribution in [0.4, 0.5) is 0 Å². The predicted octanol–water partition coefficient (Wildman–Crippen LogP) is 1.68. The van der Waals surface area contributed by atoms with E-state index in [-0.39, 0.29) is 5.91 Å². The molecule has 1 saturated carbocycles. The summed E-state index contributed by atoms with van der Waals surface area (Å²) in [4.78, 5) is 15.3. The Labute approximate surface area is 127 Å². The molecule has 1 saturated heterocycles. The largest absolute Gasteiger partial charge is 0.392 e. The molecule has 3 N–H and O–H groups in total. The number of hydrogen-bond donors (Lipinski definition) is 2. The molecule has 20 heavy (non-hydrogen) atoms. The molecule has 0 aromatic rings. The van der Waals surface area contributed by atoms with Crippen molar-refractivity contribution in [3.05, 3.63) is 0 Å². The van der Waals surface area contributed by atoms with Crippen molar-refractivity contribution in [2.75, 3.05) is 26.7 Å². The number of likely N-dealkylation sites (tertiary alicyclic amines) is 1. The summed E-state index contributed by atoms with van der Waals surface area (Å²) in [5.74, 6) is 0.627. The van der Waals surface area contributed by atoms with Crippen LogP contribution in [0.3, 0.4) is 0 Å². The van der Waals surface area contributed by atoms with Gasteiger partial charge in [0.05, 0.1) is 10.4 Å². The Morgan fingerprint density at radius 2 is 2.05 bits per heavy atom. The molecule has 114 valence electrons. The summed E-state index contributed by atoms with van der Waals surface area (Å²) in [6.07, 6.45) is 7.35. The summed E-state index contributed by atoms with van der Waals surface area (Å²) < 4.78 is 0. The van der Waals surface area contributed by atoms with E-state index in [2.05, 4.69) is 17.3 Å². The highest BCUT2D eigenvalue weighted by Crippen LogP contribution is 2.37. The minimum absolute atomic E-state index is 0.0675. The van der Waals surface area contributed by atoms with Gasteiger partial charge in [0.15, 0.2) is 0 Å². The number of amides is 1. The number of carbonyl (C=O) groups is 1. The Hall–Kier alpha value is -0.680. The standard InChI is InChI=1S/C15H27N3OS/c1-18-9-5-6-12(11-18)10-17-14(19)15(13(16)20)7-3-2-4-8-15/h12H,2-11H2,1H3,(H2,16,20)(H,17,19). The molecule has 1 heterocycles. The first-order valence-corrected chi connectivity index (χ1v) is 8.22. The van der Waals surface area contributed by atoms with Gasteiger partial charge in [0, 0.05) is 13.1 Å². The van der Waals surface area contributed by atoms with Crippen molar-refractivity contribution < 1.29 is 4.79 Å². The van der Waals surface area contributed by atoms with Crippen molar-refractivity contribution in [1.29, 1.82) is 0 Å². The number of thiocarbonyl (C=S) groups is 1. The maximum Gasteiger partial charge on any atom is 0.233 e. The van der Waals surface area contributed by atoms with Crippen LogP contribution in [0, 0.1) is 11.3 Å². The molecule has 1 amide bonds. The van der Waals surface area contributed by atoms with Crippen LogP contribution in [0.2, 0.25) is 0 Å². The second-order valence-electron chi connectivity index (χ2n) is 6.49. The summed E-state index contributed by atoms with van der Waals surface area (Å²) in [5, 5.41) is 3.13. The first kappa shape index (κ1) is 15.7. The number of carbonyl (C=O) groups excluding carboxylic acids is 1. The van der Waals surface area contributed by atoms with E-state index in [0.29, 0.717) is 10.9 Å². The van der Waals surface area contributed by atoms with Gasteiger partial charge in [0.1, 0.15) is 0 Å². The van der Waals surface area contributed by atoms with Gasteiger partial charge in [-0.15, -0.1) is 0 Å². The first-order chi connectivity index (χ1) is 9.54. The fraction of sp³-hybridized carbons (Fsp3) is 0.867. The summed E-state index contributed by atoms with van der Waals surface area (Å²) in [5.41, 5.74) is 5.32. The zero-order valence-corrected chi connectivity index (χ0v) is 13.3. The maximum absolute atomic E-state index is 12.6. The SMILES string of the molecule is CN1CCCC(CNC(=O)C2(C(N)=S)CCCCC2)C1. The molecule has 1 atom stereocenters. The van der Waals surface area contributed by atoms with Crippen molar-refractivity contribution in [3.8, 4) is 0 Å². The number of rotatable bonds is 4. The van der Waals surface area contributed by atoms with E-state index in [0.717, 1.165) is 38.8 Å². The maximum atomic E-state index is 12.6. The van der Waals surface area contributed by atoms with Crippen molar-refractivity contribution in [3.63, 3.8) is 0 Å². The lowest BCUT2D eigenvalue weighted by Gasteiger charge is -2.36. The molecule has 1 aliphatic carbocycles. The molecular weight excluding hydrogens is 270 g/mol. The van der Waals surface area contributed by atoms with Crippen molar-refractivity contribution in [2.24, 2.45) is 17.1 Å². The molecule has 2 aliphatic rings. The van der Waals surface area contributed by atoms with Crippen LogP contribution in [0.5, 0.6) is 0 Å². The number of nitrogens with two attached hydrogens (primary N) is 1. The molecule has 1 unspecified atom stereocenters. The first-order valence-electron chi connectivity index (χ1n) is 7.81. The molecule has 0 aromatic heterocycles. The average molecular weight is 297 g/mol. The van der Waals surface area contributed by atoms with E-state index in [4.69, 9.17) is 18.0 Å². The van der Waals surface area contributed by atoms with E-state index in [9.17, 15) is 4.79 Å². The van der Waals surface area contributed by atoms with Gasteiger partial charge in [-0.1, -0.05) is 31.5 Å². The van der Waals surface area contributed by atoms with Crippen LogP contribution >= 0.6 is 12.2 Å². The minimum Gasteiger partial charge on any atom is -0.392 e. The van der Waals surface area contributed by atoms with Crippen molar-refractivity contribution >= 4 is 23.1 Å². The van der Waals surface area contributed by atoms with Crippen LogP contribution in [-0.2, 0) is 4.79 Å². The average Bonchev–Trinajstić information content (AvgIpc) is 2.45. The van der Waals surface area contributed by atoms with Crippen LogP contribution in [0.15, 0.2) is 0 Å². The molecule has 2 rings (SSSR count). The number of nitrogens with one attached hydrogen (secondary N) is 1. The van der Waals surface area contributed by atoms with Gasteiger partial charge in [-0.2, -0.15) is 0 Å². The van der Waals surface area contributed by atoms with E-state index in [1.54, 1.807) is 0 Å². The van der Waals surface area contributed by atoms with Crippen LogP contribution in [-0.4, -0.2) is 42.5 Å². The van der Waals surface area contributed by atoms with E-state index < -0.39 is 5.41 Å². The normalized spacial score (nSPS) is 26.9. The topological polar surface area (TPSA) is 58.4 Å². The molecule has 1 aliphatic heterocycles. The minimum atomic E-state index is -0.575. The summed E-state index contributed by atoms with van der Waals surface area (Å²) in [6.45, 7) is 3.00. The van der Waals surface area contributed by atoms with Crippen LogP contribution < -0.4 is 11.1 Å². The van der Waals surface area contributed by atoms with Gasteiger partial charge in [0.2, 0.25) is 5.91 Å². The smallest absolute Gasteiger partial charge is 0.233 e. The lowest BCUT2D eigenvalue weighted by Crippen LogP contribution is -2.51. The Bertz CT molecular complexity index is 366. The Balaban J connectivity index is 1.90. The van der Waals surface area contributed by atoms with E-state index in [1.807, 2.05) is 0 Å². The molecule has 0 spiro atoms. The fourth-order valence-electron chi connectivity index (χ4n) is 3.59.